The number of aromatic amines is 1. The summed E-state index contributed by atoms with van der Waals surface area (Å²) in [6, 6.07) is 5.78. The van der Waals surface area contributed by atoms with Crippen LogP contribution in [-0.4, -0.2) is 45.0 Å². The van der Waals surface area contributed by atoms with Crippen LogP contribution in [-0.2, 0) is 13.0 Å². The molecule has 8 nitrogen and oxygen atoms in total. The first-order chi connectivity index (χ1) is 14.5. The summed E-state index contributed by atoms with van der Waals surface area (Å²) in [5.74, 6) is 3.04. The molecule has 4 rings (SSSR count). The van der Waals surface area contributed by atoms with E-state index >= 15 is 0 Å². The van der Waals surface area contributed by atoms with Crippen LogP contribution in [0.4, 0.5) is 5.95 Å². The van der Waals surface area contributed by atoms with Crippen molar-refractivity contribution in [2.45, 2.75) is 19.9 Å². The molecule has 2 heterocycles. The highest BCUT2D eigenvalue weighted by Gasteiger charge is 2.23. The number of nitrogens with one attached hydrogen (secondary N) is 1. The maximum Gasteiger partial charge on any atom is 0.282 e. The fourth-order valence-corrected chi connectivity index (χ4v) is 4.06. The molecule has 0 spiro atoms. The number of aryl methyl sites for hydroxylation is 1. The topological polar surface area (TPSA) is 85.9 Å². The number of H-pyrrole nitrogens is 1. The van der Waals surface area contributed by atoms with Crippen LogP contribution in [0.2, 0.25) is 0 Å². The highest BCUT2D eigenvalue weighted by atomic mass is 16.5. The molecule has 1 aliphatic heterocycles. The number of nitrogens with zero attached hydrogens (tertiary/aromatic N) is 2. The molecule has 3 aromatic rings. The van der Waals surface area contributed by atoms with Gasteiger partial charge in [0, 0.05) is 24.7 Å². The Hall–Kier alpha value is -3.42. The van der Waals surface area contributed by atoms with Gasteiger partial charge in [-0.05, 0) is 36.6 Å². The molecule has 0 radical (unpaired) electrons. The molecule has 1 aromatic heterocycles. The molecule has 158 valence electrons. The summed E-state index contributed by atoms with van der Waals surface area (Å²) in [7, 11) is 6.39. The van der Waals surface area contributed by atoms with Crippen LogP contribution in [0.25, 0.3) is 10.9 Å². The van der Waals surface area contributed by atoms with Gasteiger partial charge in [-0.3, -0.25) is 4.79 Å². The lowest BCUT2D eigenvalue weighted by Gasteiger charge is -2.30. The Morgan fingerprint density at radius 2 is 1.60 bits per heavy atom. The second-order valence-electron chi connectivity index (χ2n) is 7.17. The van der Waals surface area contributed by atoms with E-state index in [0.717, 1.165) is 24.3 Å². The van der Waals surface area contributed by atoms with Crippen molar-refractivity contribution in [2.24, 2.45) is 0 Å². The zero-order valence-corrected chi connectivity index (χ0v) is 17.8. The Kier molecular flexibility index (Phi) is 5.15. The summed E-state index contributed by atoms with van der Waals surface area (Å²) < 4.78 is 21.7. The lowest BCUT2D eigenvalue weighted by molar-refractivity contribution is 0.353. The van der Waals surface area contributed by atoms with Crippen molar-refractivity contribution in [3.63, 3.8) is 0 Å². The number of ether oxygens (including phenoxy) is 4. The fourth-order valence-electron chi connectivity index (χ4n) is 4.06. The fraction of sp³-hybridized carbons (Fsp3) is 0.364. The number of rotatable bonds is 5. The second kappa shape index (κ2) is 7.78. The predicted octanol–water partition coefficient (Wildman–Crippen LogP) is 2.83. The van der Waals surface area contributed by atoms with Gasteiger partial charge in [0.2, 0.25) is 5.95 Å². The minimum Gasteiger partial charge on any atom is -0.493 e. The Morgan fingerprint density at radius 1 is 0.933 bits per heavy atom. The molecule has 30 heavy (non-hydrogen) atoms. The van der Waals surface area contributed by atoms with Crippen molar-refractivity contribution in [3.05, 3.63) is 45.2 Å². The Morgan fingerprint density at radius 3 is 2.23 bits per heavy atom. The molecule has 8 heteroatoms. The summed E-state index contributed by atoms with van der Waals surface area (Å²) in [5, 5.41) is 0.500. The van der Waals surface area contributed by atoms with Gasteiger partial charge >= 0.3 is 0 Å². The number of hydrogen-bond donors (Lipinski definition) is 1. The quantitative estimate of drug-likeness (QED) is 0.691. The van der Waals surface area contributed by atoms with Crippen molar-refractivity contribution >= 4 is 16.9 Å². The van der Waals surface area contributed by atoms with E-state index in [1.165, 1.54) is 5.56 Å². The lowest BCUT2D eigenvalue weighted by Crippen LogP contribution is -2.33. The number of benzene rings is 2. The minimum absolute atomic E-state index is 0.296. The normalized spacial score (nSPS) is 13.2. The van der Waals surface area contributed by atoms with Gasteiger partial charge in [-0.1, -0.05) is 0 Å². The van der Waals surface area contributed by atoms with Crippen LogP contribution < -0.4 is 29.4 Å². The maximum atomic E-state index is 12.9. The van der Waals surface area contributed by atoms with Gasteiger partial charge in [-0.15, -0.1) is 0 Å². The molecule has 0 fully saturated rings. The first kappa shape index (κ1) is 19.9. The van der Waals surface area contributed by atoms with E-state index < -0.39 is 0 Å². The minimum atomic E-state index is -0.296. The van der Waals surface area contributed by atoms with E-state index in [-0.39, 0.29) is 5.56 Å². The second-order valence-corrected chi connectivity index (χ2v) is 7.17. The summed E-state index contributed by atoms with van der Waals surface area (Å²) in [4.78, 5) is 22.6. The highest BCUT2D eigenvalue weighted by molar-refractivity contribution is 5.86. The Balaban J connectivity index is 1.77. The molecule has 1 aliphatic rings. The van der Waals surface area contributed by atoms with Crippen LogP contribution in [0.5, 0.6) is 23.0 Å². The Bertz CT molecular complexity index is 1170. The number of fused-ring (bicyclic) bond motifs is 2. The maximum absolute atomic E-state index is 12.9. The van der Waals surface area contributed by atoms with Crippen LogP contribution in [0.1, 0.15) is 16.7 Å². The van der Waals surface area contributed by atoms with Gasteiger partial charge in [0.1, 0.15) is 0 Å². The van der Waals surface area contributed by atoms with Gasteiger partial charge in [0.25, 0.3) is 5.56 Å². The average Bonchev–Trinajstić information content (AvgIpc) is 2.76. The molecular weight excluding hydrogens is 386 g/mol. The Labute approximate surface area is 174 Å². The van der Waals surface area contributed by atoms with Gasteiger partial charge in [-0.2, -0.15) is 4.98 Å². The van der Waals surface area contributed by atoms with Crippen molar-refractivity contribution in [1.29, 1.82) is 0 Å². The van der Waals surface area contributed by atoms with Crippen LogP contribution >= 0.6 is 0 Å². The van der Waals surface area contributed by atoms with Crippen molar-refractivity contribution in [3.8, 4) is 23.0 Å². The SMILES string of the molecule is COc1cc2c(cc1OC)CN(c1nc(=O)c3c(C)c(OC)c(OC)cc3[nH]1)CC2. The van der Waals surface area contributed by atoms with E-state index in [4.69, 9.17) is 18.9 Å². The zero-order chi connectivity index (χ0) is 21.4. The molecule has 0 saturated heterocycles. The van der Waals surface area contributed by atoms with Crippen LogP contribution in [0, 0.1) is 6.92 Å². The third-order valence-corrected chi connectivity index (χ3v) is 5.59. The first-order valence-electron chi connectivity index (χ1n) is 9.65. The summed E-state index contributed by atoms with van der Waals surface area (Å²) in [5.41, 5.74) is 3.39. The van der Waals surface area contributed by atoms with E-state index in [1.807, 2.05) is 19.1 Å². The van der Waals surface area contributed by atoms with E-state index in [0.29, 0.717) is 46.2 Å². The summed E-state index contributed by atoms with van der Waals surface area (Å²) in [6.45, 7) is 3.16. The van der Waals surface area contributed by atoms with Crippen LogP contribution in [0.3, 0.4) is 0 Å². The summed E-state index contributed by atoms with van der Waals surface area (Å²) in [6.07, 6.45) is 0.808. The number of aromatic nitrogens is 2. The standard InChI is InChI=1S/C22H25N3O5/c1-12-19-15(10-18(29-4)20(12)30-5)23-22(24-21(19)26)25-7-6-13-8-16(27-2)17(28-3)9-14(13)11-25/h8-10H,6-7,11H2,1-5H3,(H,23,24,26). The van der Waals surface area contributed by atoms with E-state index in [2.05, 4.69) is 14.9 Å². The molecule has 0 bridgehead atoms. The van der Waals surface area contributed by atoms with Gasteiger partial charge in [-0.25, -0.2) is 0 Å². The largest absolute Gasteiger partial charge is 0.493 e. The van der Waals surface area contributed by atoms with Gasteiger partial charge in [0.05, 0.1) is 39.3 Å². The van der Waals surface area contributed by atoms with E-state index in [9.17, 15) is 4.79 Å². The van der Waals surface area contributed by atoms with Crippen molar-refractivity contribution < 1.29 is 18.9 Å². The molecule has 0 amide bonds. The predicted molar refractivity (Wildman–Crippen MR) is 115 cm³/mol. The number of anilines is 1. The van der Waals surface area contributed by atoms with Crippen molar-refractivity contribution in [2.75, 3.05) is 39.9 Å². The molecule has 0 saturated carbocycles. The van der Waals surface area contributed by atoms with Crippen LogP contribution in [0.15, 0.2) is 23.0 Å². The lowest BCUT2D eigenvalue weighted by atomic mass is 9.99. The molecule has 0 atom stereocenters. The molecule has 0 aliphatic carbocycles. The van der Waals surface area contributed by atoms with Gasteiger partial charge in [0.15, 0.2) is 23.0 Å². The smallest absolute Gasteiger partial charge is 0.282 e. The third kappa shape index (κ3) is 3.18. The summed E-state index contributed by atoms with van der Waals surface area (Å²) >= 11 is 0. The molecule has 0 unspecified atom stereocenters. The highest BCUT2D eigenvalue weighted by Crippen LogP contribution is 2.36. The first-order valence-corrected chi connectivity index (χ1v) is 9.65. The third-order valence-electron chi connectivity index (χ3n) is 5.59. The molecule has 1 N–H and O–H groups in total. The number of methoxy groups -OCH3 is 4. The van der Waals surface area contributed by atoms with Gasteiger partial charge < -0.3 is 28.8 Å². The average molecular weight is 411 g/mol. The molecular formula is C22H25N3O5. The molecule has 2 aromatic carbocycles. The van der Waals surface area contributed by atoms with E-state index in [1.54, 1.807) is 34.5 Å². The monoisotopic (exact) mass is 411 g/mol. The van der Waals surface area contributed by atoms with Crippen molar-refractivity contribution in [1.82, 2.24) is 9.97 Å². The number of hydrogen-bond acceptors (Lipinski definition) is 7. The zero-order valence-electron chi connectivity index (χ0n) is 17.8.